The fourth-order valence-corrected chi connectivity index (χ4v) is 5.11. The highest BCUT2D eigenvalue weighted by molar-refractivity contribution is 6.46. The van der Waals surface area contributed by atoms with E-state index in [2.05, 4.69) is 25.8 Å². The first-order valence-corrected chi connectivity index (χ1v) is 13.7. The normalized spacial score (nSPS) is 16.7. The van der Waals surface area contributed by atoms with E-state index in [0.717, 1.165) is 27.8 Å². The number of nitrogens with one attached hydrogen (secondary N) is 1. The molecule has 1 saturated heterocycles. The number of ether oxygens (including phenoxy) is 1. The van der Waals surface area contributed by atoms with Crippen molar-refractivity contribution in [3.05, 3.63) is 136 Å². The van der Waals surface area contributed by atoms with Crippen molar-refractivity contribution in [2.75, 3.05) is 0 Å². The van der Waals surface area contributed by atoms with E-state index in [-0.39, 0.29) is 17.5 Å². The van der Waals surface area contributed by atoms with Crippen molar-refractivity contribution in [1.29, 1.82) is 0 Å². The predicted octanol–water partition coefficient (Wildman–Crippen LogP) is 5.11. The summed E-state index contributed by atoms with van der Waals surface area (Å²) >= 11 is 0. The van der Waals surface area contributed by atoms with Crippen LogP contribution < -0.4 is 14.8 Å². The van der Waals surface area contributed by atoms with Crippen molar-refractivity contribution in [3.8, 4) is 5.75 Å². The van der Waals surface area contributed by atoms with E-state index in [9.17, 15) is 14.7 Å². The Morgan fingerprint density at radius 3 is 2.27 bits per heavy atom. The Labute approximate surface area is 240 Å². The van der Waals surface area contributed by atoms with Crippen LogP contribution in [0.15, 0.2) is 103 Å². The lowest BCUT2D eigenvalue weighted by Crippen LogP contribution is -2.29. The SMILES string of the molecule is Cc1cc(/C([O-])=C2\C(=O)C(=O)N(Cc3ccc[nH+]c3)C2c2ccc(C(C)(C)C)cc2)ccc1OCc1ccccc1. The summed E-state index contributed by atoms with van der Waals surface area (Å²) in [5.74, 6) is -1.24. The number of aromatic amines is 1. The number of nitrogens with zero attached hydrogens (tertiary/aromatic N) is 1. The molecule has 5 rings (SSSR count). The molecule has 1 amide bonds. The van der Waals surface area contributed by atoms with E-state index in [4.69, 9.17) is 4.74 Å². The van der Waals surface area contributed by atoms with Crippen LogP contribution in [0.2, 0.25) is 0 Å². The van der Waals surface area contributed by atoms with Crippen LogP contribution in [0.25, 0.3) is 5.76 Å². The first-order chi connectivity index (χ1) is 19.6. The number of amides is 1. The van der Waals surface area contributed by atoms with Crippen LogP contribution in [0, 0.1) is 6.92 Å². The molecule has 4 aromatic rings. The number of H-pyrrole nitrogens is 1. The molecule has 2 heterocycles. The standard InChI is InChI=1S/C35H34N2O4/c1-23-19-27(14-17-29(23)41-22-24-9-6-5-7-10-24)32(38)30-31(26-12-15-28(16-13-26)35(2,3)4)37(34(40)33(30)39)21-25-11-8-18-36-20-25/h5-20,31,38H,21-22H2,1-4H3/b32-30+. The van der Waals surface area contributed by atoms with Crippen molar-refractivity contribution in [3.63, 3.8) is 0 Å². The van der Waals surface area contributed by atoms with Crippen molar-refractivity contribution < 1.29 is 24.4 Å². The minimum atomic E-state index is -0.800. The summed E-state index contributed by atoms with van der Waals surface area (Å²) in [6.07, 6.45) is 3.56. The Hall–Kier alpha value is -4.71. The van der Waals surface area contributed by atoms with Gasteiger partial charge in [0, 0.05) is 17.2 Å². The molecule has 1 aromatic heterocycles. The summed E-state index contributed by atoms with van der Waals surface area (Å²) in [5, 5.41) is 14.0. The fraction of sp³-hybridized carbons (Fsp3) is 0.229. The molecule has 1 aliphatic heterocycles. The van der Waals surface area contributed by atoms with Gasteiger partial charge in [-0.15, -0.1) is 0 Å². The largest absolute Gasteiger partial charge is 0.872 e. The van der Waals surface area contributed by atoms with Crippen LogP contribution in [0.4, 0.5) is 0 Å². The molecular weight excluding hydrogens is 512 g/mol. The molecule has 6 nitrogen and oxygen atoms in total. The minimum Gasteiger partial charge on any atom is -0.872 e. The number of Topliss-reactive ketones (excluding diaryl/α,β-unsaturated/α-hetero) is 1. The van der Waals surface area contributed by atoms with Gasteiger partial charge in [-0.1, -0.05) is 87.2 Å². The average Bonchev–Trinajstić information content (AvgIpc) is 3.21. The second-order valence-electron chi connectivity index (χ2n) is 11.4. The number of aryl methyl sites for hydroxylation is 1. The van der Waals surface area contributed by atoms with Crippen molar-refractivity contribution in [1.82, 2.24) is 4.90 Å². The first-order valence-electron chi connectivity index (χ1n) is 13.7. The fourth-order valence-electron chi connectivity index (χ4n) is 5.11. The highest BCUT2D eigenvalue weighted by Gasteiger charge is 2.44. The molecule has 1 fully saturated rings. The lowest BCUT2D eigenvalue weighted by atomic mass is 9.85. The van der Waals surface area contributed by atoms with Crippen LogP contribution in [0.3, 0.4) is 0 Å². The maximum Gasteiger partial charge on any atom is 0.295 e. The lowest BCUT2D eigenvalue weighted by Gasteiger charge is -2.28. The van der Waals surface area contributed by atoms with Gasteiger partial charge < -0.3 is 14.7 Å². The zero-order valence-electron chi connectivity index (χ0n) is 23.8. The van der Waals surface area contributed by atoms with E-state index in [1.165, 1.54) is 4.90 Å². The second kappa shape index (κ2) is 11.4. The Morgan fingerprint density at radius 1 is 0.927 bits per heavy atom. The number of carbonyl (C=O) groups excluding carboxylic acids is 2. The molecular formula is C35H34N2O4. The number of carbonyl (C=O) groups is 2. The summed E-state index contributed by atoms with van der Waals surface area (Å²) in [6.45, 7) is 8.83. The highest BCUT2D eigenvalue weighted by Crippen LogP contribution is 2.40. The number of rotatable bonds is 7. The van der Waals surface area contributed by atoms with Gasteiger partial charge in [0.2, 0.25) is 5.78 Å². The smallest absolute Gasteiger partial charge is 0.295 e. The number of hydrogen-bond acceptors (Lipinski definition) is 4. The van der Waals surface area contributed by atoms with Crippen LogP contribution >= 0.6 is 0 Å². The third-order valence-corrected chi connectivity index (χ3v) is 7.42. The predicted molar refractivity (Wildman–Crippen MR) is 155 cm³/mol. The molecule has 41 heavy (non-hydrogen) atoms. The topological polar surface area (TPSA) is 83.8 Å². The summed E-state index contributed by atoms with van der Waals surface area (Å²) in [4.78, 5) is 31.4. The molecule has 3 aromatic carbocycles. The Balaban J connectivity index is 1.53. The number of likely N-dealkylation sites (tertiary alicyclic amines) is 1. The van der Waals surface area contributed by atoms with Gasteiger partial charge in [-0.25, -0.2) is 4.98 Å². The van der Waals surface area contributed by atoms with E-state index in [1.807, 2.05) is 73.7 Å². The van der Waals surface area contributed by atoms with E-state index in [0.29, 0.717) is 17.9 Å². The van der Waals surface area contributed by atoms with Crippen LogP contribution in [-0.4, -0.2) is 16.6 Å². The number of hydrogen-bond donors (Lipinski definition) is 0. The van der Waals surface area contributed by atoms with Gasteiger partial charge >= 0.3 is 0 Å². The number of ketones is 1. The van der Waals surface area contributed by atoms with E-state index in [1.54, 1.807) is 30.6 Å². The Morgan fingerprint density at radius 2 is 1.63 bits per heavy atom. The molecule has 1 atom stereocenters. The molecule has 1 N–H and O–H groups in total. The molecule has 6 heteroatoms. The molecule has 208 valence electrons. The van der Waals surface area contributed by atoms with E-state index >= 15 is 0 Å². The molecule has 0 bridgehead atoms. The monoisotopic (exact) mass is 546 g/mol. The third kappa shape index (κ3) is 5.92. The molecule has 0 radical (unpaired) electrons. The molecule has 0 saturated carbocycles. The second-order valence-corrected chi connectivity index (χ2v) is 11.4. The summed E-state index contributed by atoms with van der Waals surface area (Å²) in [5.41, 5.74) is 4.72. The van der Waals surface area contributed by atoms with Crippen molar-refractivity contribution in [2.24, 2.45) is 0 Å². The minimum absolute atomic E-state index is 0.0317. The van der Waals surface area contributed by atoms with Gasteiger partial charge in [0.25, 0.3) is 5.91 Å². The van der Waals surface area contributed by atoms with Gasteiger partial charge in [0.15, 0.2) is 12.4 Å². The first kappa shape index (κ1) is 27.8. The number of benzene rings is 3. The maximum absolute atomic E-state index is 14.0. The Bertz CT molecular complexity index is 1590. The van der Waals surface area contributed by atoms with Gasteiger partial charge in [-0.2, -0.15) is 0 Å². The zero-order chi connectivity index (χ0) is 29.1. The molecule has 1 aliphatic rings. The average molecular weight is 547 g/mol. The van der Waals surface area contributed by atoms with Gasteiger partial charge in [0.05, 0.1) is 12.6 Å². The van der Waals surface area contributed by atoms with Crippen molar-refractivity contribution >= 4 is 17.4 Å². The van der Waals surface area contributed by atoms with Crippen LogP contribution in [-0.2, 0) is 28.2 Å². The van der Waals surface area contributed by atoms with E-state index < -0.39 is 23.5 Å². The van der Waals surface area contributed by atoms with Gasteiger partial charge in [-0.3, -0.25) is 9.59 Å². The van der Waals surface area contributed by atoms with Crippen LogP contribution in [0.5, 0.6) is 5.75 Å². The summed E-state index contributed by atoms with van der Waals surface area (Å²) in [7, 11) is 0. The zero-order valence-corrected chi connectivity index (χ0v) is 23.8. The quantitative estimate of drug-likeness (QED) is 0.183. The maximum atomic E-state index is 14.0. The van der Waals surface area contributed by atoms with Crippen molar-refractivity contribution in [2.45, 2.75) is 52.3 Å². The molecule has 0 aliphatic carbocycles. The molecule has 0 spiro atoms. The number of pyridine rings is 1. The third-order valence-electron chi connectivity index (χ3n) is 7.42. The number of aromatic nitrogens is 1. The van der Waals surface area contributed by atoms with Gasteiger partial charge in [0.1, 0.15) is 12.4 Å². The lowest BCUT2D eigenvalue weighted by molar-refractivity contribution is -0.378. The summed E-state index contributed by atoms with van der Waals surface area (Å²) < 4.78 is 5.98. The van der Waals surface area contributed by atoms with Crippen LogP contribution in [0.1, 0.15) is 60.2 Å². The summed E-state index contributed by atoms with van der Waals surface area (Å²) in [6, 6.07) is 25.7. The Kier molecular flexibility index (Phi) is 7.75. The molecule has 1 unspecified atom stereocenters. The highest BCUT2D eigenvalue weighted by atomic mass is 16.5. The van der Waals surface area contributed by atoms with Gasteiger partial charge in [-0.05, 0) is 58.4 Å².